The number of amides is 1. The predicted molar refractivity (Wildman–Crippen MR) is 96.5 cm³/mol. The highest BCUT2D eigenvalue weighted by atomic mass is 32.2. The maximum absolute atomic E-state index is 12.6. The molecule has 2 heterocycles. The number of nitrogens with one attached hydrogen (secondary N) is 1. The van der Waals surface area contributed by atoms with Gasteiger partial charge in [0, 0.05) is 11.5 Å². The van der Waals surface area contributed by atoms with E-state index in [1.165, 1.54) is 22.9 Å². The molecule has 0 aliphatic rings. The molecule has 1 N–H and O–H groups in total. The Bertz CT molecular complexity index is 813. The van der Waals surface area contributed by atoms with Gasteiger partial charge in [0.25, 0.3) is 5.91 Å². The van der Waals surface area contributed by atoms with Gasteiger partial charge in [-0.3, -0.25) is 10.1 Å². The van der Waals surface area contributed by atoms with E-state index >= 15 is 0 Å². The molecule has 0 unspecified atom stereocenters. The van der Waals surface area contributed by atoms with E-state index in [4.69, 9.17) is 0 Å². The number of rotatable bonds is 5. The lowest BCUT2D eigenvalue weighted by Crippen LogP contribution is -2.13. The number of carbonyl (C=O) groups is 1. The highest BCUT2D eigenvalue weighted by Crippen LogP contribution is 2.30. The summed E-state index contributed by atoms with van der Waals surface area (Å²) in [5.41, 5.74) is 1.42. The second-order valence-electron chi connectivity index (χ2n) is 4.55. The Morgan fingerprint density at radius 1 is 1.26 bits per heavy atom. The van der Waals surface area contributed by atoms with Crippen LogP contribution in [0, 0.1) is 6.92 Å². The molecule has 0 spiro atoms. The predicted octanol–water partition coefficient (Wildman–Crippen LogP) is 4.33. The highest BCUT2D eigenvalue weighted by Gasteiger charge is 2.19. The van der Waals surface area contributed by atoms with E-state index in [-0.39, 0.29) is 5.91 Å². The van der Waals surface area contributed by atoms with E-state index in [9.17, 15) is 4.79 Å². The van der Waals surface area contributed by atoms with Crippen LogP contribution in [-0.4, -0.2) is 26.0 Å². The van der Waals surface area contributed by atoms with E-state index in [1.807, 2.05) is 44.2 Å². The number of thioether (sulfide) groups is 1. The van der Waals surface area contributed by atoms with Crippen molar-refractivity contribution >= 4 is 45.7 Å². The molecule has 0 fully saturated rings. The summed E-state index contributed by atoms with van der Waals surface area (Å²) in [7, 11) is 0. The topological polar surface area (TPSA) is 67.8 Å². The minimum absolute atomic E-state index is 0.252. The molecule has 1 amide bonds. The fourth-order valence-electron chi connectivity index (χ4n) is 1.97. The summed E-state index contributed by atoms with van der Waals surface area (Å²) in [6.07, 6.45) is 0. The van der Waals surface area contributed by atoms with Gasteiger partial charge in [0.15, 0.2) is 0 Å². The molecule has 0 atom stereocenters. The van der Waals surface area contributed by atoms with Crippen LogP contribution in [0.25, 0.3) is 10.4 Å². The molecule has 118 valence electrons. The van der Waals surface area contributed by atoms with Crippen molar-refractivity contribution in [2.75, 3.05) is 11.1 Å². The van der Waals surface area contributed by atoms with Crippen LogP contribution in [0.2, 0.25) is 0 Å². The van der Waals surface area contributed by atoms with E-state index in [0.29, 0.717) is 16.0 Å². The number of carbonyl (C=O) groups excluding carboxylic acids is 1. The monoisotopic (exact) mass is 362 g/mol. The Morgan fingerprint density at radius 3 is 2.78 bits per heavy atom. The van der Waals surface area contributed by atoms with E-state index in [2.05, 4.69) is 19.7 Å². The van der Waals surface area contributed by atoms with Crippen molar-refractivity contribution in [3.8, 4) is 10.4 Å². The van der Waals surface area contributed by atoms with Gasteiger partial charge in [0.05, 0.1) is 9.88 Å². The van der Waals surface area contributed by atoms with Crippen LogP contribution < -0.4 is 5.32 Å². The fourth-order valence-corrected chi connectivity index (χ4v) is 4.16. The molecule has 5 nitrogen and oxygen atoms in total. The molecule has 3 rings (SSSR count). The molecule has 0 saturated carbocycles. The first-order chi connectivity index (χ1) is 11.2. The number of benzene rings is 1. The Labute approximate surface area is 146 Å². The third kappa shape index (κ3) is 3.77. The smallest absolute Gasteiger partial charge is 0.277 e. The molecule has 1 aromatic carbocycles. The van der Waals surface area contributed by atoms with Gasteiger partial charge in [-0.15, -0.1) is 11.3 Å². The number of nitrogens with zero attached hydrogens (tertiary/aromatic N) is 3. The largest absolute Gasteiger partial charge is 0.295 e. The van der Waals surface area contributed by atoms with Crippen LogP contribution in [0.3, 0.4) is 0 Å². The average molecular weight is 363 g/mol. The van der Waals surface area contributed by atoms with Crippen molar-refractivity contribution in [2.45, 2.75) is 19.0 Å². The van der Waals surface area contributed by atoms with Crippen molar-refractivity contribution in [1.82, 2.24) is 14.3 Å². The zero-order chi connectivity index (χ0) is 16.2. The SMILES string of the molecule is CCSc1nsc(NC(=O)c2nc(C)sc2-c2ccccc2)n1. The molecule has 3 aromatic rings. The lowest BCUT2D eigenvalue weighted by Gasteiger charge is -2.02. The third-order valence-electron chi connectivity index (χ3n) is 2.89. The van der Waals surface area contributed by atoms with Gasteiger partial charge in [-0.2, -0.15) is 9.36 Å². The van der Waals surface area contributed by atoms with Gasteiger partial charge in [-0.05, 0) is 18.2 Å². The summed E-state index contributed by atoms with van der Waals surface area (Å²) < 4.78 is 4.20. The van der Waals surface area contributed by atoms with E-state index in [0.717, 1.165) is 21.2 Å². The molecule has 23 heavy (non-hydrogen) atoms. The Balaban J connectivity index is 1.85. The van der Waals surface area contributed by atoms with Gasteiger partial charge in [0.1, 0.15) is 5.69 Å². The molecule has 2 aromatic heterocycles. The first kappa shape index (κ1) is 16.1. The zero-order valence-corrected chi connectivity index (χ0v) is 15.0. The lowest BCUT2D eigenvalue weighted by atomic mass is 10.1. The van der Waals surface area contributed by atoms with Gasteiger partial charge in [0.2, 0.25) is 10.3 Å². The van der Waals surface area contributed by atoms with Crippen LogP contribution in [0.5, 0.6) is 0 Å². The highest BCUT2D eigenvalue weighted by molar-refractivity contribution is 7.99. The van der Waals surface area contributed by atoms with E-state index in [1.54, 1.807) is 11.8 Å². The second-order valence-corrected chi connectivity index (χ2v) is 7.73. The van der Waals surface area contributed by atoms with E-state index < -0.39 is 0 Å². The summed E-state index contributed by atoms with van der Waals surface area (Å²) in [6.45, 7) is 3.93. The lowest BCUT2D eigenvalue weighted by molar-refractivity contribution is 0.102. The molecular formula is C15H14N4OS3. The van der Waals surface area contributed by atoms with Crippen LogP contribution in [0.4, 0.5) is 5.13 Å². The molecule has 0 aliphatic carbocycles. The molecule has 8 heteroatoms. The van der Waals surface area contributed by atoms with Crippen molar-refractivity contribution in [3.63, 3.8) is 0 Å². The summed E-state index contributed by atoms with van der Waals surface area (Å²) in [4.78, 5) is 22.1. The van der Waals surface area contributed by atoms with Gasteiger partial charge in [-0.25, -0.2) is 4.98 Å². The van der Waals surface area contributed by atoms with Crippen LogP contribution in [-0.2, 0) is 0 Å². The summed E-state index contributed by atoms with van der Waals surface area (Å²) in [5, 5.41) is 4.83. The fraction of sp³-hybridized carbons (Fsp3) is 0.200. The Hall–Kier alpha value is -1.77. The Morgan fingerprint density at radius 2 is 2.04 bits per heavy atom. The van der Waals surface area contributed by atoms with Crippen LogP contribution in [0.15, 0.2) is 35.5 Å². The van der Waals surface area contributed by atoms with Gasteiger partial charge >= 0.3 is 0 Å². The zero-order valence-electron chi connectivity index (χ0n) is 12.6. The minimum Gasteiger partial charge on any atom is -0.295 e. The summed E-state index contributed by atoms with van der Waals surface area (Å²) in [5.74, 6) is 0.644. The first-order valence-electron chi connectivity index (χ1n) is 6.98. The maximum Gasteiger partial charge on any atom is 0.277 e. The number of aryl methyl sites for hydroxylation is 1. The van der Waals surface area contributed by atoms with Crippen molar-refractivity contribution in [1.29, 1.82) is 0 Å². The number of aromatic nitrogens is 3. The van der Waals surface area contributed by atoms with Crippen molar-refractivity contribution in [3.05, 3.63) is 41.0 Å². The first-order valence-corrected chi connectivity index (χ1v) is 9.55. The average Bonchev–Trinajstić information content (AvgIpc) is 3.15. The third-order valence-corrected chi connectivity index (χ3v) is 5.38. The van der Waals surface area contributed by atoms with Crippen LogP contribution in [0.1, 0.15) is 22.4 Å². The quantitative estimate of drug-likeness (QED) is 0.684. The summed E-state index contributed by atoms with van der Waals surface area (Å²) in [6, 6.07) is 9.80. The number of anilines is 1. The van der Waals surface area contributed by atoms with Crippen LogP contribution >= 0.6 is 34.6 Å². The maximum atomic E-state index is 12.6. The number of thiazole rings is 1. The van der Waals surface area contributed by atoms with Crippen molar-refractivity contribution < 1.29 is 4.79 Å². The normalized spacial score (nSPS) is 10.7. The van der Waals surface area contributed by atoms with Gasteiger partial charge in [-0.1, -0.05) is 49.0 Å². The molecule has 0 saturated heterocycles. The van der Waals surface area contributed by atoms with Gasteiger partial charge < -0.3 is 0 Å². The standard InChI is InChI=1S/C15H14N4OS3/c1-3-21-15-18-14(23-19-15)17-13(20)11-12(22-9(2)16-11)10-7-5-4-6-8-10/h4-8H,3H2,1-2H3,(H,17,18,19,20). The Kier molecular flexibility index (Phi) is 5.04. The van der Waals surface area contributed by atoms with Crippen molar-refractivity contribution in [2.24, 2.45) is 0 Å². The molecular weight excluding hydrogens is 348 g/mol. The number of hydrogen-bond donors (Lipinski definition) is 1. The summed E-state index contributed by atoms with van der Waals surface area (Å²) >= 11 is 4.24. The molecule has 0 radical (unpaired) electrons. The number of hydrogen-bond acceptors (Lipinski definition) is 7. The minimum atomic E-state index is -0.252. The second kappa shape index (κ2) is 7.20. The molecule has 0 bridgehead atoms. The molecule has 0 aliphatic heterocycles.